The number of hydrogen-bond acceptors (Lipinski definition) is 6. The van der Waals surface area contributed by atoms with Gasteiger partial charge in [0.25, 0.3) is 5.56 Å². The number of nitriles is 1. The Bertz CT molecular complexity index is 658. The Morgan fingerprint density at radius 1 is 1.43 bits per heavy atom. The Hall–Kier alpha value is -1.81. The van der Waals surface area contributed by atoms with Gasteiger partial charge in [-0.2, -0.15) is 5.26 Å². The first-order chi connectivity index (χ1) is 11.0. The third-order valence-corrected chi connectivity index (χ3v) is 4.85. The number of esters is 1. The van der Waals surface area contributed by atoms with Crippen LogP contribution in [0, 0.1) is 17.2 Å². The fourth-order valence-electron chi connectivity index (χ4n) is 2.63. The highest BCUT2D eigenvalue weighted by Crippen LogP contribution is 2.26. The summed E-state index contributed by atoms with van der Waals surface area (Å²) >= 11 is 1.13. The molecule has 1 saturated carbocycles. The van der Waals surface area contributed by atoms with Crippen molar-refractivity contribution in [1.82, 2.24) is 9.97 Å². The Kier molecular flexibility index (Phi) is 6.22. The van der Waals surface area contributed by atoms with Crippen LogP contribution in [0.15, 0.2) is 9.95 Å². The molecule has 1 fully saturated rings. The SMILES string of the molecule is CCc1nc(SCC(=O)OC2CCC(C)CC2)[nH]c(=O)c1C#N. The number of nitrogens with one attached hydrogen (secondary N) is 1. The molecule has 0 saturated heterocycles. The third-order valence-electron chi connectivity index (χ3n) is 4.01. The van der Waals surface area contributed by atoms with Crippen LogP contribution in [0.4, 0.5) is 0 Å². The van der Waals surface area contributed by atoms with Crippen molar-refractivity contribution in [3.8, 4) is 6.07 Å². The monoisotopic (exact) mass is 335 g/mol. The number of aryl methyl sites for hydroxylation is 1. The van der Waals surface area contributed by atoms with Crippen LogP contribution in [0.5, 0.6) is 0 Å². The lowest BCUT2D eigenvalue weighted by molar-refractivity contribution is -0.147. The molecule has 0 bridgehead atoms. The van der Waals surface area contributed by atoms with Gasteiger partial charge in [-0.1, -0.05) is 25.6 Å². The van der Waals surface area contributed by atoms with Crippen molar-refractivity contribution in [2.45, 2.75) is 57.2 Å². The summed E-state index contributed by atoms with van der Waals surface area (Å²) in [5.41, 5.74) is 0.0284. The van der Waals surface area contributed by atoms with Crippen LogP contribution >= 0.6 is 11.8 Å². The zero-order valence-corrected chi connectivity index (χ0v) is 14.2. The number of carbonyl (C=O) groups is 1. The van der Waals surface area contributed by atoms with E-state index in [4.69, 9.17) is 10.00 Å². The van der Waals surface area contributed by atoms with Crippen molar-refractivity contribution >= 4 is 17.7 Å². The predicted molar refractivity (Wildman–Crippen MR) is 87.2 cm³/mol. The minimum absolute atomic E-state index is 0.0125. The van der Waals surface area contributed by atoms with Crippen LogP contribution in [0.2, 0.25) is 0 Å². The molecule has 124 valence electrons. The van der Waals surface area contributed by atoms with E-state index in [9.17, 15) is 9.59 Å². The van der Waals surface area contributed by atoms with Gasteiger partial charge in [-0.3, -0.25) is 9.59 Å². The molecular formula is C16H21N3O3S. The molecule has 0 aliphatic heterocycles. The summed E-state index contributed by atoms with van der Waals surface area (Å²) in [5.74, 6) is 0.517. The minimum Gasteiger partial charge on any atom is -0.462 e. The second kappa shape index (κ2) is 8.16. The van der Waals surface area contributed by atoms with Gasteiger partial charge in [0.2, 0.25) is 0 Å². The van der Waals surface area contributed by atoms with Crippen LogP contribution in [-0.4, -0.2) is 27.8 Å². The summed E-state index contributed by atoms with van der Waals surface area (Å²) in [7, 11) is 0. The van der Waals surface area contributed by atoms with Crippen LogP contribution in [0.1, 0.15) is 50.8 Å². The summed E-state index contributed by atoms with van der Waals surface area (Å²) < 4.78 is 5.46. The highest BCUT2D eigenvalue weighted by molar-refractivity contribution is 7.99. The first kappa shape index (κ1) is 17.5. The lowest BCUT2D eigenvalue weighted by atomic mass is 9.89. The van der Waals surface area contributed by atoms with Crippen molar-refractivity contribution in [1.29, 1.82) is 5.26 Å². The second-order valence-electron chi connectivity index (χ2n) is 5.82. The Morgan fingerprint density at radius 3 is 2.74 bits per heavy atom. The number of nitrogens with zero attached hydrogens (tertiary/aromatic N) is 2. The number of aromatic amines is 1. The van der Waals surface area contributed by atoms with Gasteiger partial charge >= 0.3 is 5.97 Å². The van der Waals surface area contributed by atoms with Crippen molar-refractivity contribution in [3.05, 3.63) is 21.6 Å². The number of aromatic nitrogens is 2. The molecule has 1 N–H and O–H groups in total. The molecule has 0 atom stereocenters. The smallest absolute Gasteiger partial charge is 0.316 e. The van der Waals surface area contributed by atoms with Gasteiger partial charge in [0.15, 0.2) is 5.16 Å². The Labute approximate surface area is 139 Å². The highest BCUT2D eigenvalue weighted by atomic mass is 32.2. The average molecular weight is 335 g/mol. The van der Waals surface area contributed by atoms with E-state index in [1.54, 1.807) is 0 Å². The van der Waals surface area contributed by atoms with E-state index in [1.165, 1.54) is 0 Å². The van der Waals surface area contributed by atoms with E-state index in [2.05, 4.69) is 16.9 Å². The molecule has 1 aliphatic carbocycles. The summed E-state index contributed by atoms with van der Waals surface area (Å²) in [6, 6.07) is 1.86. The fourth-order valence-corrected chi connectivity index (χ4v) is 3.29. The van der Waals surface area contributed by atoms with Crippen LogP contribution in [0.3, 0.4) is 0 Å². The van der Waals surface area contributed by atoms with Crippen molar-refractivity contribution < 1.29 is 9.53 Å². The maximum atomic E-state index is 11.9. The zero-order chi connectivity index (χ0) is 16.8. The number of rotatable bonds is 5. The van der Waals surface area contributed by atoms with E-state index >= 15 is 0 Å². The van der Waals surface area contributed by atoms with Gasteiger partial charge in [-0.15, -0.1) is 0 Å². The van der Waals surface area contributed by atoms with Crippen molar-refractivity contribution in [2.75, 3.05) is 5.75 Å². The second-order valence-corrected chi connectivity index (χ2v) is 6.78. The van der Waals surface area contributed by atoms with Gasteiger partial charge in [-0.05, 0) is 38.0 Å². The lowest BCUT2D eigenvalue weighted by Gasteiger charge is -2.25. The molecule has 7 heteroatoms. The van der Waals surface area contributed by atoms with Crippen molar-refractivity contribution in [2.24, 2.45) is 5.92 Å². The van der Waals surface area contributed by atoms with Crippen molar-refractivity contribution in [3.63, 3.8) is 0 Å². The highest BCUT2D eigenvalue weighted by Gasteiger charge is 2.21. The van der Waals surface area contributed by atoms with E-state index < -0.39 is 5.56 Å². The van der Waals surface area contributed by atoms with Gasteiger partial charge in [-0.25, -0.2) is 4.98 Å². The summed E-state index contributed by atoms with van der Waals surface area (Å²) in [6.07, 6.45) is 4.53. The molecule has 1 aliphatic rings. The van der Waals surface area contributed by atoms with Crippen LogP contribution < -0.4 is 5.56 Å². The number of hydrogen-bond donors (Lipinski definition) is 1. The average Bonchev–Trinajstić information content (AvgIpc) is 2.54. The van der Waals surface area contributed by atoms with Crippen LogP contribution in [0.25, 0.3) is 0 Å². The molecule has 2 rings (SSSR count). The largest absolute Gasteiger partial charge is 0.462 e. The molecule has 0 aromatic carbocycles. The molecule has 0 radical (unpaired) electrons. The van der Waals surface area contributed by atoms with E-state index in [-0.39, 0.29) is 23.4 Å². The van der Waals surface area contributed by atoms with E-state index in [0.717, 1.165) is 37.4 Å². The molecule has 0 amide bonds. The van der Waals surface area contributed by atoms with Gasteiger partial charge < -0.3 is 9.72 Å². The standard InChI is InChI=1S/C16H21N3O3S/c1-3-13-12(8-17)15(21)19-16(18-13)23-9-14(20)22-11-6-4-10(2)5-7-11/h10-11H,3-7,9H2,1-2H3,(H,18,19,21). The summed E-state index contributed by atoms with van der Waals surface area (Å²) in [4.78, 5) is 30.5. The van der Waals surface area contributed by atoms with Gasteiger partial charge in [0, 0.05) is 0 Å². The van der Waals surface area contributed by atoms with E-state index in [0.29, 0.717) is 23.2 Å². The first-order valence-electron chi connectivity index (χ1n) is 7.89. The fraction of sp³-hybridized carbons (Fsp3) is 0.625. The maximum Gasteiger partial charge on any atom is 0.316 e. The van der Waals surface area contributed by atoms with Gasteiger partial charge in [0.05, 0.1) is 11.4 Å². The molecule has 1 aromatic rings. The number of thioether (sulfide) groups is 1. The summed E-state index contributed by atoms with van der Waals surface area (Å²) in [6.45, 7) is 4.04. The zero-order valence-electron chi connectivity index (χ0n) is 13.4. The topological polar surface area (TPSA) is 95.8 Å². The first-order valence-corrected chi connectivity index (χ1v) is 8.87. The number of carbonyl (C=O) groups excluding carboxylic acids is 1. The molecule has 6 nitrogen and oxygen atoms in total. The molecule has 1 heterocycles. The Morgan fingerprint density at radius 2 is 2.13 bits per heavy atom. The number of ether oxygens (including phenoxy) is 1. The van der Waals surface area contributed by atoms with Gasteiger partial charge in [0.1, 0.15) is 17.7 Å². The molecular weight excluding hydrogens is 314 g/mol. The maximum absolute atomic E-state index is 11.9. The Balaban J connectivity index is 1.90. The predicted octanol–water partition coefficient (Wildman–Crippen LogP) is 2.42. The normalized spacial score (nSPS) is 20.7. The molecule has 0 spiro atoms. The number of H-pyrrole nitrogens is 1. The summed E-state index contributed by atoms with van der Waals surface area (Å²) in [5, 5.41) is 9.30. The minimum atomic E-state index is -0.462. The third kappa shape index (κ3) is 4.83. The van der Waals surface area contributed by atoms with E-state index in [1.807, 2.05) is 13.0 Å². The molecule has 23 heavy (non-hydrogen) atoms. The molecule has 0 unspecified atom stereocenters. The quantitative estimate of drug-likeness (QED) is 0.504. The van der Waals surface area contributed by atoms with Crippen LogP contribution in [-0.2, 0) is 16.0 Å². The molecule has 1 aromatic heterocycles. The lowest BCUT2D eigenvalue weighted by Crippen LogP contribution is -2.24.